The first kappa shape index (κ1) is 14.9. The van der Waals surface area contributed by atoms with Crippen LogP contribution in [0.3, 0.4) is 0 Å². The van der Waals surface area contributed by atoms with Crippen LogP contribution in [0.2, 0.25) is 0 Å². The summed E-state index contributed by atoms with van der Waals surface area (Å²) in [5.41, 5.74) is 8.38. The molecule has 1 spiro atoms. The highest BCUT2D eigenvalue weighted by atomic mass is 16.5. The SMILES string of the molecule is CCCc1[nH]nc2c1[C@]1(CCN(C)C[C@@H]1C)C(C#N)=C(N)O2. The van der Waals surface area contributed by atoms with Crippen LogP contribution in [0.5, 0.6) is 5.88 Å². The molecule has 2 aliphatic heterocycles. The molecule has 0 bridgehead atoms. The van der Waals surface area contributed by atoms with Gasteiger partial charge in [-0.2, -0.15) is 5.26 Å². The molecule has 2 atom stereocenters. The Morgan fingerprint density at radius 2 is 2.36 bits per heavy atom. The van der Waals surface area contributed by atoms with Gasteiger partial charge in [0.05, 0.1) is 0 Å². The lowest BCUT2D eigenvalue weighted by molar-refractivity contribution is 0.135. The van der Waals surface area contributed by atoms with Gasteiger partial charge in [-0.05, 0) is 32.4 Å². The molecular weight excluding hydrogens is 278 g/mol. The fourth-order valence-corrected chi connectivity index (χ4v) is 4.05. The Bertz CT molecular complexity index is 656. The Labute approximate surface area is 130 Å². The highest BCUT2D eigenvalue weighted by Crippen LogP contribution is 2.52. The molecule has 0 amide bonds. The summed E-state index contributed by atoms with van der Waals surface area (Å²) in [5.74, 6) is 1.03. The minimum atomic E-state index is -0.379. The fraction of sp³-hybridized carbons (Fsp3) is 0.625. The standard InChI is InChI=1S/C16H23N5O/c1-4-5-12-13-15(20-19-12)22-14(18)11(8-17)16(13)6-7-21(3)9-10(16)2/h10H,4-7,9,18H2,1-3H3,(H,19,20)/t10-,16-/m0/s1. The van der Waals surface area contributed by atoms with Crippen LogP contribution in [-0.2, 0) is 11.8 Å². The summed E-state index contributed by atoms with van der Waals surface area (Å²) >= 11 is 0. The molecular formula is C16H23N5O. The average molecular weight is 301 g/mol. The summed E-state index contributed by atoms with van der Waals surface area (Å²) in [4.78, 5) is 2.30. The average Bonchev–Trinajstić information content (AvgIpc) is 2.86. The number of piperidine rings is 1. The van der Waals surface area contributed by atoms with E-state index in [0.717, 1.165) is 43.6 Å². The molecule has 0 aromatic carbocycles. The number of nitrogens with zero attached hydrogens (tertiary/aromatic N) is 3. The van der Waals surface area contributed by atoms with Crippen molar-refractivity contribution in [3.8, 4) is 11.9 Å². The number of H-pyrrole nitrogens is 1. The van der Waals surface area contributed by atoms with Gasteiger partial charge in [0, 0.05) is 23.2 Å². The zero-order valence-corrected chi connectivity index (χ0v) is 13.4. The molecule has 0 aliphatic carbocycles. The van der Waals surface area contributed by atoms with Crippen molar-refractivity contribution in [3.05, 3.63) is 22.7 Å². The third-order valence-corrected chi connectivity index (χ3v) is 5.08. The number of hydrogen-bond donors (Lipinski definition) is 2. The number of ether oxygens (including phenoxy) is 1. The van der Waals surface area contributed by atoms with E-state index in [9.17, 15) is 5.26 Å². The van der Waals surface area contributed by atoms with Gasteiger partial charge in [0.1, 0.15) is 11.6 Å². The van der Waals surface area contributed by atoms with Crippen molar-refractivity contribution in [2.24, 2.45) is 11.7 Å². The number of nitrogens with one attached hydrogen (secondary N) is 1. The van der Waals surface area contributed by atoms with E-state index in [2.05, 4.69) is 42.1 Å². The van der Waals surface area contributed by atoms with Crippen LogP contribution in [0.1, 0.15) is 37.9 Å². The van der Waals surface area contributed by atoms with Gasteiger partial charge in [0.25, 0.3) is 0 Å². The molecule has 22 heavy (non-hydrogen) atoms. The van der Waals surface area contributed by atoms with Crippen molar-refractivity contribution in [1.82, 2.24) is 15.1 Å². The zero-order chi connectivity index (χ0) is 15.9. The molecule has 2 aliphatic rings. The molecule has 3 rings (SSSR count). The van der Waals surface area contributed by atoms with Crippen molar-refractivity contribution < 1.29 is 4.74 Å². The number of aryl methyl sites for hydroxylation is 1. The van der Waals surface area contributed by atoms with E-state index in [0.29, 0.717) is 11.5 Å². The molecule has 1 aromatic heterocycles. The Kier molecular flexibility index (Phi) is 3.61. The lowest BCUT2D eigenvalue weighted by atomic mass is 9.61. The molecule has 118 valence electrons. The smallest absolute Gasteiger partial charge is 0.244 e. The lowest BCUT2D eigenvalue weighted by Crippen LogP contribution is -2.51. The fourth-order valence-electron chi connectivity index (χ4n) is 4.05. The predicted octanol–water partition coefficient (Wildman–Crippen LogP) is 1.66. The number of fused-ring (bicyclic) bond motifs is 2. The topological polar surface area (TPSA) is 91.0 Å². The molecule has 0 unspecified atom stereocenters. The van der Waals surface area contributed by atoms with Crippen LogP contribution in [0.4, 0.5) is 0 Å². The van der Waals surface area contributed by atoms with Crippen LogP contribution in [0.25, 0.3) is 0 Å². The molecule has 6 nitrogen and oxygen atoms in total. The van der Waals surface area contributed by atoms with Crippen LogP contribution < -0.4 is 10.5 Å². The van der Waals surface area contributed by atoms with Crippen molar-refractivity contribution in [3.63, 3.8) is 0 Å². The number of rotatable bonds is 2. The van der Waals surface area contributed by atoms with E-state index in [1.165, 1.54) is 0 Å². The number of nitriles is 1. The van der Waals surface area contributed by atoms with Gasteiger partial charge in [0.2, 0.25) is 11.8 Å². The van der Waals surface area contributed by atoms with E-state index in [-0.39, 0.29) is 17.2 Å². The van der Waals surface area contributed by atoms with Gasteiger partial charge >= 0.3 is 0 Å². The number of allylic oxidation sites excluding steroid dienone is 1. The number of aromatic amines is 1. The van der Waals surface area contributed by atoms with E-state index < -0.39 is 0 Å². The summed E-state index contributed by atoms with van der Waals surface area (Å²) in [6.07, 6.45) is 2.77. The molecule has 6 heteroatoms. The summed E-state index contributed by atoms with van der Waals surface area (Å²) in [7, 11) is 2.12. The van der Waals surface area contributed by atoms with Gasteiger partial charge in [-0.15, -0.1) is 5.10 Å². The molecule has 1 fully saturated rings. The van der Waals surface area contributed by atoms with Gasteiger partial charge in [-0.1, -0.05) is 20.3 Å². The van der Waals surface area contributed by atoms with Crippen LogP contribution in [0, 0.1) is 17.2 Å². The van der Waals surface area contributed by atoms with Crippen molar-refractivity contribution in [2.75, 3.05) is 20.1 Å². The van der Waals surface area contributed by atoms with Crippen molar-refractivity contribution in [2.45, 2.75) is 38.5 Å². The maximum absolute atomic E-state index is 9.73. The Morgan fingerprint density at radius 1 is 1.59 bits per heavy atom. The highest BCUT2D eigenvalue weighted by molar-refractivity contribution is 5.55. The van der Waals surface area contributed by atoms with E-state index in [1.807, 2.05) is 0 Å². The van der Waals surface area contributed by atoms with E-state index in [4.69, 9.17) is 10.5 Å². The van der Waals surface area contributed by atoms with Gasteiger partial charge in [-0.3, -0.25) is 5.10 Å². The van der Waals surface area contributed by atoms with Gasteiger partial charge in [0.15, 0.2) is 0 Å². The maximum Gasteiger partial charge on any atom is 0.244 e. The summed E-state index contributed by atoms with van der Waals surface area (Å²) < 4.78 is 5.64. The van der Waals surface area contributed by atoms with E-state index >= 15 is 0 Å². The largest absolute Gasteiger partial charge is 0.420 e. The van der Waals surface area contributed by atoms with Gasteiger partial charge < -0.3 is 15.4 Å². The first-order chi connectivity index (χ1) is 10.5. The first-order valence-electron chi connectivity index (χ1n) is 7.89. The lowest BCUT2D eigenvalue weighted by Gasteiger charge is -2.47. The Balaban J connectivity index is 2.21. The second-order valence-corrected chi connectivity index (χ2v) is 6.47. The molecule has 0 radical (unpaired) electrons. The van der Waals surface area contributed by atoms with Crippen LogP contribution >= 0.6 is 0 Å². The Morgan fingerprint density at radius 3 is 3.00 bits per heavy atom. The Hall–Kier alpha value is -2.00. The van der Waals surface area contributed by atoms with Crippen LogP contribution in [0.15, 0.2) is 11.5 Å². The minimum Gasteiger partial charge on any atom is -0.420 e. The number of hydrogen-bond acceptors (Lipinski definition) is 5. The zero-order valence-electron chi connectivity index (χ0n) is 13.4. The quantitative estimate of drug-likeness (QED) is 0.867. The normalized spacial score (nSPS) is 28.4. The van der Waals surface area contributed by atoms with Crippen molar-refractivity contribution >= 4 is 0 Å². The van der Waals surface area contributed by atoms with Gasteiger partial charge in [-0.25, -0.2) is 0 Å². The monoisotopic (exact) mass is 301 g/mol. The van der Waals surface area contributed by atoms with Crippen molar-refractivity contribution in [1.29, 1.82) is 5.26 Å². The molecule has 1 saturated heterocycles. The number of nitrogens with two attached hydrogens (primary N) is 1. The predicted molar refractivity (Wildman–Crippen MR) is 83.0 cm³/mol. The third-order valence-electron chi connectivity index (χ3n) is 5.08. The number of aromatic nitrogens is 2. The second kappa shape index (κ2) is 5.33. The maximum atomic E-state index is 9.73. The summed E-state index contributed by atoms with van der Waals surface area (Å²) in [6, 6.07) is 2.33. The highest BCUT2D eigenvalue weighted by Gasteiger charge is 2.52. The summed E-state index contributed by atoms with van der Waals surface area (Å²) in [6.45, 7) is 6.18. The first-order valence-corrected chi connectivity index (χ1v) is 7.89. The molecule has 3 N–H and O–H groups in total. The van der Waals surface area contributed by atoms with E-state index in [1.54, 1.807) is 0 Å². The third kappa shape index (κ3) is 1.92. The molecule has 1 aromatic rings. The molecule has 0 saturated carbocycles. The molecule has 3 heterocycles. The van der Waals surface area contributed by atoms with Crippen LogP contribution in [-0.4, -0.2) is 35.2 Å². The number of likely N-dealkylation sites (tertiary alicyclic amines) is 1. The minimum absolute atomic E-state index is 0.209. The summed E-state index contributed by atoms with van der Waals surface area (Å²) in [5, 5.41) is 17.2. The second-order valence-electron chi connectivity index (χ2n) is 6.47.